The fourth-order valence-corrected chi connectivity index (χ4v) is 4.91. The summed E-state index contributed by atoms with van der Waals surface area (Å²) in [6.07, 6.45) is 0.159. The minimum atomic E-state index is -4.00. The molecule has 0 aliphatic carbocycles. The maximum absolute atomic E-state index is 13.2. The molecule has 0 bridgehead atoms. The van der Waals surface area contributed by atoms with Crippen LogP contribution in [0.1, 0.15) is 18.1 Å². The molecule has 0 aliphatic heterocycles. The summed E-state index contributed by atoms with van der Waals surface area (Å²) in [7, 11) is -2.51. The Morgan fingerprint density at radius 2 is 1.74 bits per heavy atom. The third-order valence-electron chi connectivity index (χ3n) is 5.07. The van der Waals surface area contributed by atoms with Crippen LogP contribution in [0.2, 0.25) is 5.02 Å². The first-order valence-electron chi connectivity index (χ1n) is 10.7. The van der Waals surface area contributed by atoms with Gasteiger partial charge in [-0.3, -0.25) is 4.79 Å². The molecule has 0 fully saturated rings. The number of anilines is 1. The van der Waals surface area contributed by atoms with E-state index in [0.29, 0.717) is 34.4 Å². The lowest BCUT2D eigenvalue weighted by atomic mass is 10.1. The fourth-order valence-electron chi connectivity index (χ4n) is 3.37. The second-order valence-electron chi connectivity index (χ2n) is 7.56. The molecule has 7 nitrogen and oxygen atoms in total. The highest BCUT2D eigenvalue weighted by Gasteiger charge is 2.27. The van der Waals surface area contributed by atoms with Crippen molar-refractivity contribution in [3.05, 3.63) is 82.9 Å². The number of halogens is 1. The summed E-state index contributed by atoms with van der Waals surface area (Å²) in [6, 6.07) is 17.5. The van der Waals surface area contributed by atoms with Gasteiger partial charge in [-0.1, -0.05) is 41.9 Å². The molecule has 0 radical (unpaired) electrons. The quantitative estimate of drug-likeness (QED) is 0.423. The van der Waals surface area contributed by atoms with Crippen LogP contribution in [0, 0.1) is 6.92 Å². The van der Waals surface area contributed by atoms with Crippen LogP contribution in [0.25, 0.3) is 0 Å². The normalized spacial score (nSPS) is 12.1. The first-order chi connectivity index (χ1) is 16.2. The molecule has 0 unspecified atom stereocenters. The number of methoxy groups -OCH3 is 1. The predicted octanol–water partition coefficient (Wildman–Crippen LogP) is 4.58. The molecule has 2 N–H and O–H groups in total. The number of carbonyl (C=O) groups excluding carboxylic acids is 1. The van der Waals surface area contributed by atoms with E-state index in [1.54, 1.807) is 31.2 Å². The van der Waals surface area contributed by atoms with Gasteiger partial charge in [0.2, 0.25) is 15.9 Å². The first-order valence-corrected chi connectivity index (χ1v) is 12.5. The van der Waals surface area contributed by atoms with Gasteiger partial charge in [0, 0.05) is 5.69 Å². The molecule has 180 valence electrons. The summed E-state index contributed by atoms with van der Waals surface area (Å²) in [4.78, 5) is 13.2. The van der Waals surface area contributed by atoms with Crippen molar-refractivity contribution in [3.63, 3.8) is 0 Å². The molecule has 1 atom stereocenters. The lowest BCUT2D eigenvalue weighted by Crippen LogP contribution is -2.45. The SMILES string of the molecule is CCOc1ccc(S(=O)(=O)N[C@@H](Cc2ccccc2)C(=O)Nc2ccc(OC)c(Cl)c2)cc1C. The summed E-state index contributed by atoms with van der Waals surface area (Å²) in [5.41, 5.74) is 1.91. The van der Waals surface area contributed by atoms with Gasteiger partial charge in [0.05, 0.1) is 23.6 Å². The number of amides is 1. The smallest absolute Gasteiger partial charge is 0.242 e. The van der Waals surface area contributed by atoms with Crippen molar-refractivity contribution in [2.24, 2.45) is 0 Å². The molecule has 1 amide bonds. The predicted molar refractivity (Wildman–Crippen MR) is 133 cm³/mol. The number of ether oxygens (including phenoxy) is 2. The van der Waals surface area contributed by atoms with E-state index in [2.05, 4.69) is 10.0 Å². The van der Waals surface area contributed by atoms with Crippen molar-refractivity contribution >= 4 is 33.2 Å². The zero-order valence-electron chi connectivity index (χ0n) is 19.2. The molecule has 9 heteroatoms. The zero-order chi connectivity index (χ0) is 24.7. The molecular formula is C25H27ClN2O5S. The first kappa shape index (κ1) is 25.6. The van der Waals surface area contributed by atoms with Crippen LogP contribution in [0.15, 0.2) is 71.6 Å². The van der Waals surface area contributed by atoms with Crippen molar-refractivity contribution in [1.82, 2.24) is 4.72 Å². The van der Waals surface area contributed by atoms with Crippen LogP contribution in [0.3, 0.4) is 0 Å². The van der Waals surface area contributed by atoms with Gasteiger partial charge in [-0.05, 0) is 67.8 Å². The third kappa shape index (κ3) is 6.50. The van der Waals surface area contributed by atoms with Crippen LogP contribution in [-0.4, -0.2) is 34.1 Å². The molecule has 0 spiro atoms. The number of hydrogen-bond acceptors (Lipinski definition) is 5. The minimum Gasteiger partial charge on any atom is -0.495 e. The highest BCUT2D eigenvalue weighted by molar-refractivity contribution is 7.89. The molecule has 0 aliphatic rings. The zero-order valence-corrected chi connectivity index (χ0v) is 20.7. The van der Waals surface area contributed by atoms with E-state index in [0.717, 1.165) is 5.56 Å². The Kier molecular flexibility index (Phi) is 8.55. The Labute approximate surface area is 205 Å². The van der Waals surface area contributed by atoms with E-state index in [9.17, 15) is 13.2 Å². The van der Waals surface area contributed by atoms with E-state index in [-0.39, 0.29) is 11.3 Å². The van der Waals surface area contributed by atoms with Crippen molar-refractivity contribution < 1.29 is 22.7 Å². The largest absolute Gasteiger partial charge is 0.495 e. The van der Waals surface area contributed by atoms with E-state index in [1.165, 1.54) is 19.2 Å². The molecular weight excluding hydrogens is 476 g/mol. The van der Waals surface area contributed by atoms with Crippen molar-refractivity contribution in [1.29, 1.82) is 0 Å². The van der Waals surface area contributed by atoms with E-state index in [4.69, 9.17) is 21.1 Å². The van der Waals surface area contributed by atoms with Crippen molar-refractivity contribution in [2.45, 2.75) is 31.2 Å². The van der Waals surface area contributed by atoms with Crippen LogP contribution in [0.5, 0.6) is 11.5 Å². The Balaban J connectivity index is 1.87. The average molecular weight is 503 g/mol. The maximum atomic E-state index is 13.2. The van der Waals surface area contributed by atoms with Gasteiger partial charge >= 0.3 is 0 Å². The van der Waals surface area contributed by atoms with E-state index >= 15 is 0 Å². The molecule has 3 rings (SSSR count). The van der Waals surface area contributed by atoms with Crippen LogP contribution in [0.4, 0.5) is 5.69 Å². The number of nitrogens with one attached hydrogen (secondary N) is 2. The molecule has 3 aromatic carbocycles. The topological polar surface area (TPSA) is 93.7 Å². The second-order valence-corrected chi connectivity index (χ2v) is 9.68. The Morgan fingerprint density at radius 3 is 2.35 bits per heavy atom. The molecule has 0 heterocycles. The maximum Gasteiger partial charge on any atom is 0.242 e. The summed E-state index contributed by atoms with van der Waals surface area (Å²) in [6.45, 7) is 4.10. The second kappa shape index (κ2) is 11.4. The standard InChI is InChI=1S/C25H27ClN2O5S/c1-4-33-23-13-11-20(14-17(23)2)34(30,31)28-22(15-18-8-6-5-7-9-18)25(29)27-19-10-12-24(32-3)21(26)16-19/h5-14,16,22,28H,4,15H2,1-3H3,(H,27,29)/t22-/m0/s1. The van der Waals surface area contributed by atoms with E-state index in [1.807, 2.05) is 37.3 Å². The number of hydrogen-bond donors (Lipinski definition) is 2. The summed E-state index contributed by atoms with van der Waals surface area (Å²) in [5, 5.41) is 3.06. The molecule has 0 saturated heterocycles. The molecule has 0 aromatic heterocycles. The summed E-state index contributed by atoms with van der Waals surface area (Å²) < 4.78 is 39.5. The fraction of sp³-hybridized carbons (Fsp3) is 0.240. The van der Waals surface area contributed by atoms with Gasteiger partial charge in [0.25, 0.3) is 0 Å². The average Bonchev–Trinajstić information content (AvgIpc) is 2.80. The molecule has 0 saturated carbocycles. The number of aryl methyl sites for hydroxylation is 1. The van der Waals surface area contributed by atoms with Crippen LogP contribution in [-0.2, 0) is 21.2 Å². The lowest BCUT2D eigenvalue weighted by Gasteiger charge is -2.19. The Hall–Kier alpha value is -3.07. The van der Waals surface area contributed by atoms with Crippen molar-refractivity contribution in [2.75, 3.05) is 19.0 Å². The highest BCUT2D eigenvalue weighted by atomic mass is 35.5. The van der Waals surface area contributed by atoms with Gasteiger partial charge in [0.1, 0.15) is 17.5 Å². The molecule has 34 heavy (non-hydrogen) atoms. The molecule has 3 aromatic rings. The number of sulfonamides is 1. The minimum absolute atomic E-state index is 0.0480. The lowest BCUT2D eigenvalue weighted by molar-refractivity contribution is -0.117. The number of rotatable bonds is 10. The number of benzene rings is 3. The Bertz CT molecular complexity index is 1250. The van der Waals surface area contributed by atoms with Gasteiger partial charge in [-0.15, -0.1) is 0 Å². The third-order valence-corrected chi connectivity index (χ3v) is 6.84. The van der Waals surface area contributed by atoms with Gasteiger partial charge in [-0.2, -0.15) is 4.72 Å². The van der Waals surface area contributed by atoms with Crippen molar-refractivity contribution in [3.8, 4) is 11.5 Å². The highest BCUT2D eigenvalue weighted by Crippen LogP contribution is 2.27. The summed E-state index contributed by atoms with van der Waals surface area (Å²) >= 11 is 6.16. The van der Waals surface area contributed by atoms with Crippen LogP contribution < -0.4 is 19.5 Å². The summed E-state index contributed by atoms with van der Waals surface area (Å²) in [5.74, 6) is 0.555. The van der Waals surface area contributed by atoms with E-state index < -0.39 is 22.0 Å². The Morgan fingerprint density at radius 1 is 1.03 bits per heavy atom. The van der Waals surface area contributed by atoms with Crippen LogP contribution >= 0.6 is 11.6 Å². The van der Waals surface area contributed by atoms with Gasteiger partial charge in [0.15, 0.2) is 0 Å². The number of carbonyl (C=O) groups is 1. The monoisotopic (exact) mass is 502 g/mol. The van der Waals surface area contributed by atoms with Gasteiger partial charge < -0.3 is 14.8 Å². The van der Waals surface area contributed by atoms with Gasteiger partial charge in [-0.25, -0.2) is 8.42 Å².